The molecule has 1 heterocycles. The van der Waals surface area contributed by atoms with Crippen molar-refractivity contribution < 1.29 is 18.8 Å². The van der Waals surface area contributed by atoms with Gasteiger partial charge in [-0.05, 0) is 19.1 Å². The molecular formula is C12H11ClFNO3. The molecule has 2 aromatic rings. The van der Waals surface area contributed by atoms with Crippen molar-refractivity contribution in [1.29, 1.82) is 0 Å². The van der Waals surface area contributed by atoms with E-state index < -0.39 is 12.1 Å². The standard InChI is InChI=1S/C12H11ClFNO3/c1-6-9(12(16)17-2)11(15-18-6)10-7(13)4-3-5-8(10)14/h3-5,12,16H,1-2H3. The van der Waals surface area contributed by atoms with E-state index in [0.29, 0.717) is 5.76 Å². The van der Waals surface area contributed by atoms with Crippen LogP contribution in [0.2, 0.25) is 5.02 Å². The first-order valence-electron chi connectivity index (χ1n) is 5.17. The van der Waals surface area contributed by atoms with Crippen molar-refractivity contribution in [2.24, 2.45) is 0 Å². The third kappa shape index (κ3) is 2.12. The normalized spacial score (nSPS) is 12.7. The van der Waals surface area contributed by atoms with Gasteiger partial charge in [0.15, 0.2) is 6.29 Å². The molecule has 0 bridgehead atoms. The second-order valence-electron chi connectivity index (χ2n) is 3.69. The number of aliphatic hydroxyl groups is 1. The van der Waals surface area contributed by atoms with Gasteiger partial charge in [0.05, 0.1) is 16.1 Å². The molecule has 1 N–H and O–H groups in total. The first-order valence-corrected chi connectivity index (χ1v) is 5.55. The van der Waals surface area contributed by atoms with Gasteiger partial charge < -0.3 is 14.4 Å². The number of rotatable bonds is 3. The first-order chi connectivity index (χ1) is 8.56. The zero-order valence-corrected chi connectivity index (χ0v) is 10.5. The highest BCUT2D eigenvalue weighted by Crippen LogP contribution is 2.36. The average molecular weight is 272 g/mol. The molecular weight excluding hydrogens is 261 g/mol. The lowest BCUT2D eigenvalue weighted by atomic mass is 10.1. The Morgan fingerprint density at radius 3 is 2.83 bits per heavy atom. The number of halogens is 2. The number of hydrogen-bond donors (Lipinski definition) is 1. The number of ether oxygens (including phenoxy) is 1. The maximum Gasteiger partial charge on any atom is 0.186 e. The molecule has 1 aromatic carbocycles. The summed E-state index contributed by atoms with van der Waals surface area (Å²) in [5.74, 6) is -0.195. The van der Waals surface area contributed by atoms with Crippen LogP contribution < -0.4 is 0 Å². The summed E-state index contributed by atoms with van der Waals surface area (Å²) in [6.45, 7) is 1.60. The molecule has 2 rings (SSSR count). The molecule has 1 aromatic heterocycles. The third-order valence-corrected chi connectivity index (χ3v) is 2.89. The van der Waals surface area contributed by atoms with Crippen LogP contribution in [0.3, 0.4) is 0 Å². The van der Waals surface area contributed by atoms with Gasteiger partial charge in [0.2, 0.25) is 0 Å². The van der Waals surface area contributed by atoms with E-state index in [0.717, 1.165) is 0 Å². The Bertz CT molecular complexity index is 550. The molecule has 0 aliphatic heterocycles. The highest BCUT2D eigenvalue weighted by molar-refractivity contribution is 6.33. The van der Waals surface area contributed by atoms with Crippen LogP contribution in [0.25, 0.3) is 11.3 Å². The molecule has 0 aliphatic carbocycles. The fraction of sp³-hybridized carbons (Fsp3) is 0.250. The van der Waals surface area contributed by atoms with Crippen LogP contribution in [-0.2, 0) is 4.74 Å². The lowest BCUT2D eigenvalue weighted by Gasteiger charge is -2.10. The van der Waals surface area contributed by atoms with Crippen molar-refractivity contribution in [2.75, 3.05) is 7.11 Å². The van der Waals surface area contributed by atoms with Gasteiger partial charge in [-0.25, -0.2) is 4.39 Å². The average Bonchev–Trinajstić information content (AvgIpc) is 2.70. The Morgan fingerprint density at radius 1 is 1.50 bits per heavy atom. The molecule has 4 nitrogen and oxygen atoms in total. The zero-order chi connectivity index (χ0) is 13.3. The molecule has 0 aliphatic rings. The summed E-state index contributed by atoms with van der Waals surface area (Å²) in [6, 6.07) is 4.28. The molecule has 0 fully saturated rings. The third-order valence-electron chi connectivity index (χ3n) is 2.58. The number of aliphatic hydroxyl groups excluding tert-OH is 1. The summed E-state index contributed by atoms with van der Waals surface area (Å²) in [4.78, 5) is 0. The largest absolute Gasteiger partial charge is 0.364 e. The smallest absolute Gasteiger partial charge is 0.186 e. The van der Waals surface area contributed by atoms with Crippen LogP contribution in [-0.4, -0.2) is 17.4 Å². The van der Waals surface area contributed by atoms with Crippen LogP contribution in [0.5, 0.6) is 0 Å². The molecule has 0 saturated carbocycles. The van der Waals surface area contributed by atoms with E-state index in [-0.39, 0.29) is 21.8 Å². The number of aryl methyl sites for hydroxylation is 1. The van der Waals surface area contributed by atoms with E-state index in [1.54, 1.807) is 6.92 Å². The fourth-order valence-corrected chi connectivity index (χ4v) is 1.94. The van der Waals surface area contributed by atoms with E-state index in [1.165, 1.54) is 25.3 Å². The van der Waals surface area contributed by atoms with Crippen LogP contribution in [0.1, 0.15) is 17.6 Å². The molecule has 0 saturated heterocycles. The molecule has 96 valence electrons. The molecule has 1 atom stereocenters. The van der Waals surface area contributed by atoms with Crippen molar-refractivity contribution in [3.63, 3.8) is 0 Å². The highest BCUT2D eigenvalue weighted by Gasteiger charge is 2.25. The summed E-state index contributed by atoms with van der Waals surface area (Å²) in [5.41, 5.74) is 0.497. The Hall–Kier alpha value is -1.43. The lowest BCUT2D eigenvalue weighted by Crippen LogP contribution is -2.02. The lowest BCUT2D eigenvalue weighted by molar-refractivity contribution is -0.0773. The minimum absolute atomic E-state index is 0.0853. The molecule has 0 radical (unpaired) electrons. The van der Waals surface area contributed by atoms with Crippen LogP contribution in [0, 0.1) is 12.7 Å². The van der Waals surface area contributed by atoms with Crippen molar-refractivity contribution in [3.05, 3.63) is 40.4 Å². The van der Waals surface area contributed by atoms with Gasteiger partial charge >= 0.3 is 0 Å². The van der Waals surface area contributed by atoms with Gasteiger partial charge in [0, 0.05) is 7.11 Å². The molecule has 6 heteroatoms. The van der Waals surface area contributed by atoms with Crippen molar-refractivity contribution in [3.8, 4) is 11.3 Å². The second kappa shape index (κ2) is 5.06. The van der Waals surface area contributed by atoms with Gasteiger partial charge in [0.1, 0.15) is 17.3 Å². The Balaban J connectivity index is 2.65. The quantitative estimate of drug-likeness (QED) is 0.872. The van der Waals surface area contributed by atoms with Gasteiger partial charge in [-0.3, -0.25) is 0 Å². The van der Waals surface area contributed by atoms with Crippen molar-refractivity contribution in [2.45, 2.75) is 13.2 Å². The maximum absolute atomic E-state index is 13.8. The Kier molecular flexibility index (Phi) is 3.65. The first kappa shape index (κ1) is 13.0. The Labute approximate surface area is 108 Å². The predicted octanol–water partition coefficient (Wildman–Crippen LogP) is 3.08. The van der Waals surface area contributed by atoms with Crippen molar-refractivity contribution in [1.82, 2.24) is 5.16 Å². The van der Waals surface area contributed by atoms with Gasteiger partial charge in [-0.15, -0.1) is 0 Å². The summed E-state index contributed by atoms with van der Waals surface area (Å²) < 4.78 is 23.6. The second-order valence-corrected chi connectivity index (χ2v) is 4.09. The predicted molar refractivity (Wildman–Crippen MR) is 63.6 cm³/mol. The SMILES string of the molecule is COC(O)c1c(-c2c(F)cccc2Cl)noc1C. The molecule has 18 heavy (non-hydrogen) atoms. The van der Waals surface area contributed by atoms with E-state index >= 15 is 0 Å². The minimum Gasteiger partial charge on any atom is -0.364 e. The minimum atomic E-state index is -1.25. The number of nitrogens with zero attached hydrogens (tertiary/aromatic N) is 1. The van der Waals surface area contributed by atoms with Crippen LogP contribution >= 0.6 is 11.6 Å². The van der Waals surface area contributed by atoms with E-state index in [4.69, 9.17) is 20.9 Å². The summed E-state index contributed by atoms with van der Waals surface area (Å²) in [6.07, 6.45) is -1.25. The van der Waals surface area contributed by atoms with Gasteiger partial charge in [-0.2, -0.15) is 0 Å². The zero-order valence-electron chi connectivity index (χ0n) is 9.78. The summed E-state index contributed by atoms with van der Waals surface area (Å²) in [5, 5.41) is 13.7. The topological polar surface area (TPSA) is 55.5 Å². The van der Waals surface area contributed by atoms with Gasteiger partial charge in [0.25, 0.3) is 0 Å². The molecule has 0 spiro atoms. The van der Waals surface area contributed by atoms with E-state index in [2.05, 4.69) is 5.16 Å². The van der Waals surface area contributed by atoms with Crippen LogP contribution in [0.15, 0.2) is 22.7 Å². The van der Waals surface area contributed by atoms with Crippen molar-refractivity contribution >= 4 is 11.6 Å². The van der Waals surface area contributed by atoms with Gasteiger partial charge in [-0.1, -0.05) is 22.8 Å². The monoisotopic (exact) mass is 271 g/mol. The fourth-order valence-electron chi connectivity index (χ4n) is 1.69. The summed E-state index contributed by atoms with van der Waals surface area (Å²) >= 11 is 5.95. The van der Waals surface area contributed by atoms with E-state index in [1.807, 2.05) is 0 Å². The number of hydrogen-bond acceptors (Lipinski definition) is 4. The number of aromatic nitrogens is 1. The summed E-state index contributed by atoms with van der Waals surface area (Å²) in [7, 11) is 1.32. The molecule has 1 unspecified atom stereocenters. The maximum atomic E-state index is 13.8. The molecule has 0 amide bonds. The Morgan fingerprint density at radius 2 is 2.22 bits per heavy atom. The van der Waals surface area contributed by atoms with Crippen LogP contribution in [0.4, 0.5) is 4.39 Å². The number of benzene rings is 1. The number of methoxy groups -OCH3 is 1. The van der Waals surface area contributed by atoms with E-state index in [9.17, 15) is 9.50 Å². The highest BCUT2D eigenvalue weighted by atomic mass is 35.5.